The first-order valence-electron chi connectivity index (χ1n) is 4.37. The molecule has 0 aliphatic rings. The van der Waals surface area contributed by atoms with Gasteiger partial charge in [-0.1, -0.05) is 4.49 Å². The zero-order valence-corrected chi connectivity index (χ0v) is 9.43. The molecule has 0 aliphatic carbocycles. The van der Waals surface area contributed by atoms with Crippen molar-refractivity contribution < 1.29 is 9.47 Å². The Morgan fingerprint density at radius 1 is 1.57 bits per heavy atom. The number of nitrogens with one attached hydrogen (secondary N) is 1. The van der Waals surface area contributed by atoms with E-state index in [9.17, 15) is 0 Å². The molecule has 0 saturated carbocycles. The fourth-order valence-corrected chi connectivity index (χ4v) is 1.51. The number of methoxy groups -OCH3 is 1. The molecular formula is C8H15N3O2S. The molecule has 6 heteroatoms. The molecule has 0 radical (unpaired) electrons. The summed E-state index contributed by atoms with van der Waals surface area (Å²) in [5.74, 6) is 0. The summed E-state index contributed by atoms with van der Waals surface area (Å²) in [5.41, 5.74) is 0.848. The molecule has 0 saturated heterocycles. The van der Waals surface area contributed by atoms with Gasteiger partial charge in [-0.3, -0.25) is 0 Å². The Labute approximate surface area is 87.6 Å². The van der Waals surface area contributed by atoms with Crippen LogP contribution in [0.5, 0.6) is 0 Å². The van der Waals surface area contributed by atoms with Crippen molar-refractivity contribution in [3.63, 3.8) is 0 Å². The molecule has 1 aromatic heterocycles. The largest absolute Gasteiger partial charge is 0.382 e. The van der Waals surface area contributed by atoms with Crippen molar-refractivity contribution in [2.45, 2.75) is 19.6 Å². The van der Waals surface area contributed by atoms with E-state index in [0.29, 0.717) is 13.2 Å². The van der Waals surface area contributed by atoms with E-state index in [4.69, 9.17) is 9.47 Å². The van der Waals surface area contributed by atoms with E-state index in [2.05, 4.69) is 14.9 Å². The van der Waals surface area contributed by atoms with Crippen LogP contribution in [-0.2, 0) is 16.1 Å². The lowest BCUT2D eigenvalue weighted by atomic mass is 10.4. The van der Waals surface area contributed by atoms with Gasteiger partial charge in [-0.25, -0.2) is 0 Å². The van der Waals surface area contributed by atoms with Gasteiger partial charge in [0.15, 0.2) is 0 Å². The van der Waals surface area contributed by atoms with Gasteiger partial charge in [-0.05, 0) is 6.92 Å². The molecule has 5 nitrogen and oxygen atoms in total. The zero-order valence-electron chi connectivity index (χ0n) is 8.61. The van der Waals surface area contributed by atoms with Crippen LogP contribution in [0.4, 0.5) is 5.00 Å². The van der Waals surface area contributed by atoms with Crippen molar-refractivity contribution in [1.29, 1.82) is 0 Å². The van der Waals surface area contributed by atoms with Gasteiger partial charge in [0.25, 0.3) is 0 Å². The zero-order chi connectivity index (χ0) is 10.4. The number of aromatic nitrogens is 2. The van der Waals surface area contributed by atoms with Gasteiger partial charge < -0.3 is 14.8 Å². The Morgan fingerprint density at radius 2 is 2.36 bits per heavy atom. The minimum atomic E-state index is 0.0754. The monoisotopic (exact) mass is 217 g/mol. The molecule has 0 bridgehead atoms. The predicted octanol–water partition coefficient (Wildman–Crippen LogP) is 1.13. The standard InChI is InChI=1S/C8H15N3O2S/c1-6(4-12-3)13-5-7-8(9-2)14-11-10-7/h6,9H,4-5H2,1-3H3. The van der Waals surface area contributed by atoms with Gasteiger partial charge in [-0.15, -0.1) is 5.10 Å². The predicted molar refractivity (Wildman–Crippen MR) is 55.6 cm³/mol. The lowest BCUT2D eigenvalue weighted by Gasteiger charge is -2.10. The number of hydrogen-bond acceptors (Lipinski definition) is 6. The first-order chi connectivity index (χ1) is 6.77. The Hall–Kier alpha value is -0.720. The van der Waals surface area contributed by atoms with E-state index < -0.39 is 0 Å². The maximum Gasteiger partial charge on any atom is 0.135 e. The lowest BCUT2D eigenvalue weighted by Crippen LogP contribution is -2.14. The number of hydrogen-bond donors (Lipinski definition) is 1. The molecule has 0 aliphatic heterocycles. The quantitative estimate of drug-likeness (QED) is 0.774. The highest BCUT2D eigenvalue weighted by atomic mass is 32.1. The van der Waals surface area contributed by atoms with Crippen LogP contribution in [0.2, 0.25) is 0 Å². The Morgan fingerprint density at radius 3 is 3.00 bits per heavy atom. The summed E-state index contributed by atoms with van der Waals surface area (Å²) in [4.78, 5) is 0. The summed E-state index contributed by atoms with van der Waals surface area (Å²) in [5, 5.41) is 7.93. The number of anilines is 1. The van der Waals surface area contributed by atoms with Crippen LogP contribution >= 0.6 is 11.5 Å². The third-order valence-corrected chi connectivity index (χ3v) is 2.47. The molecule has 1 N–H and O–H groups in total. The molecule has 1 unspecified atom stereocenters. The molecule has 0 spiro atoms. The number of ether oxygens (including phenoxy) is 2. The first kappa shape index (κ1) is 11.4. The molecule has 0 amide bonds. The van der Waals surface area contributed by atoms with Crippen molar-refractivity contribution in [3.8, 4) is 0 Å². The molecule has 0 fully saturated rings. The van der Waals surface area contributed by atoms with E-state index >= 15 is 0 Å². The maximum atomic E-state index is 5.51. The topological polar surface area (TPSA) is 56.3 Å². The Balaban J connectivity index is 2.37. The molecule has 14 heavy (non-hydrogen) atoms. The van der Waals surface area contributed by atoms with E-state index in [1.165, 1.54) is 11.5 Å². The molecule has 1 atom stereocenters. The van der Waals surface area contributed by atoms with Gasteiger partial charge in [0.2, 0.25) is 0 Å². The van der Waals surface area contributed by atoms with Crippen molar-refractivity contribution in [3.05, 3.63) is 5.69 Å². The van der Waals surface area contributed by atoms with E-state index in [1.807, 2.05) is 14.0 Å². The fraction of sp³-hybridized carbons (Fsp3) is 0.750. The Kier molecular flexibility index (Phi) is 4.78. The third kappa shape index (κ3) is 3.21. The van der Waals surface area contributed by atoms with Gasteiger partial charge in [-0.2, -0.15) is 0 Å². The molecule has 1 heterocycles. The van der Waals surface area contributed by atoms with Gasteiger partial charge in [0, 0.05) is 25.7 Å². The summed E-state index contributed by atoms with van der Waals surface area (Å²) in [7, 11) is 3.50. The summed E-state index contributed by atoms with van der Waals surface area (Å²) < 4.78 is 14.3. The lowest BCUT2D eigenvalue weighted by molar-refractivity contribution is -0.00117. The van der Waals surface area contributed by atoms with Crippen molar-refractivity contribution >= 4 is 16.5 Å². The minimum absolute atomic E-state index is 0.0754. The summed E-state index contributed by atoms with van der Waals surface area (Å²) >= 11 is 1.33. The average molecular weight is 217 g/mol. The molecule has 80 valence electrons. The highest BCUT2D eigenvalue weighted by Crippen LogP contribution is 2.17. The molecule has 1 aromatic rings. The smallest absolute Gasteiger partial charge is 0.135 e. The van der Waals surface area contributed by atoms with Gasteiger partial charge in [0.1, 0.15) is 10.7 Å². The van der Waals surface area contributed by atoms with Crippen molar-refractivity contribution in [2.24, 2.45) is 0 Å². The van der Waals surface area contributed by atoms with Gasteiger partial charge >= 0.3 is 0 Å². The molecule has 1 rings (SSSR count). The number of nitrogens with zero attached hydrogens (tertiary/aromatic N) is 2. The van der Waals surface area contributed by atoms with Crippen LogP contribution in [0.15, 0.2) is 0 Å². The van der Waals surface area contributed by atoms with Crippen LogP contribution in [0.25, 0.3) is 0 Å². The minimum Gasteiger partial charge on any atom is -0.382 e. The normalized spacial score (nSPS) is 12.8. The summed E-state index contributed by atoms with van der Waals surface area (Å²) in [6.07, 6.45) is 0.0754. The molecular weight excluding hydrogens is 202 g/mol. The maximum absolute atomic E-state index is 5.51. The SMILES string of the molecule is CNc1snnc1COC(C)COC. The van der Waals surface area contributed by atoms with Gasteiger partial charge in [0.05, 0.1) is 19.3 Å². The van der Waals surface area contributed by atoms with Crippen LogP contribution in [0.1, 0.15) is 12.6 Å². The molecule has 0 aromatic carbocycles. The third-order valence-electron chi connectivity index (χ3n) is 1.69. The Bertz CT molecular complexity index is 267. The van der Waals surface area contributed by atoms with Crippen molar-refractivity contribution in [1.82, 2.24) is 9.59 Å². The highest BCUT2D eigenvalue weighted by Gasteiger charge is 2.08. The fourth-order valence-electron chi connectivity index (χ4n) is 0.997. The first-order valence-corrected chi connectivity index (χ1v) is 5.14. The van der Waals surface area contributed by atoms with E-state index in [1.54, 1.807) is 7.11 Å². The van der Waals surface area contributed by atoms with Crippen LogP contribution < -0.4 is 5.32 Å². The highest BCUT2D eigenvalue weighted by molar-refractivity contribution is 7.10. The second-order valence-electron chi connectivity index (χ2n) is 2.88. The second kappa shape index (κ2) is 5.90. The van der Waals surface area contributed by atoms with E-state index in [-0.39, 0.29) is 6.10 Å². The second-order valence-corrected chi connectivity index (χ2v) is 3.63. The summed E-state index contributed by atoms with van der Waals surface area (Å²) in [6.45, 7) is 3.02. The van der Waals surface area contributed by atoms with Crippen LogP contribution in [-0.4, -0.2) is 36.5 Å². The average Bonchev–Trinajstić information content (AvgIpc) is 2.62. The van der Waals surface area contributed by atoms with Crippen LogP contribution in [0.3, 0.4) is 0 Å². The van der Waals surface area contributed by atoms with Crippen molar-refractivity contribution in [2.75, 3.05) is 26.1 Å². The number of rotatable bonds is 6. The van der Waals surface area contributed by atoms with E-state index in [0.717, 1.165) is 10.7 Å². The summed E-state index contributed by atoms with van der Waals surface area (Å²) in [6, 6.07) is 0. The van der Waals surface area contributed by atoms with Crippen LogP contribution in [0, 0.1) is 0 Å².